The molecule has 0 bridgehead atoms. The maximum Gasteiger partial charge on any atom is 0.195 e. The summed E-state index contributed by atoms with van der Waals surface area (Å²) in [6, 6.07) is 3.95. The Balaban J connectivity index is 1.76. The van der Waals surface area contributed by atoms with Crippen LogP contribution in [0.25, 0.3) is 22.7 Å². The lowest BCUT2D eigenvalue weighted by atomic mass is 10.1. The van der Waals surface area contributed by atoms with E-state index in [1.807, 2.05) is 17.0 Å². The second-order valence-electron chi connectivity index (χ2n) is 6.48. The average molecular weight is 347 g/mol. The Morgan fingerprint density at radius 1 is 1.04 bits per heavy atom. The summed E-state index contributed by atoms with van der Waals surface area (Å²) in [6.45, 7) is 7.89. The molecule has 0 aliphatic rings. The topological polar surface area (TPSA) is 74.3 Å². The zero-order valence-electron chi connectivity index (χ0n) is 15.2. The van der Waals surface area contributed by atoms with E-state index in [0.29, 0.717) is 18.3 Å². The van der Waals surface area contributed by atoms with Gasteiger partial charge in [-0.1, -0.05) is 13.8 Å². The van der Waals surface area contributed by atoms with Crippen LogP contribution in [0.1, 0.15) is 38.2 Å². The Bertz CT molecular complexity index is 1030. The first-order valence-corrected chi connectivity index (χ1v) is 8.81. The van der Waals surface area contributed by atoms with Gasteiger partial charge in [0.1, 0.15) is 11.3 Å². The van der Waals surface area contributed by atoms with E-state index in [0.717, 1.165) is 34.9 Å². The second kappa shape index (κ2) is 6.67. The number of rotatable bonds is 5. The molecule has 0 N–H and O–H groups in total. The van der Waals surface area contributed by atoms with E-state index in [9.17, 15) is 0 Å². The Morgan fingerprint density at radius 2 is 1.85 bits per heavy atom. The summed E-state index contributed by atoms with van der Waals surface area (Å²) in [5.41, 5.74) is 3.13. The van der Waals surface area contributed by atoms with Crippen LogP contribution in [0, 0.1) is 0 Å². The SMILES string of the molecule is CCn1c(Cn2ccnc2-c2ncccn2)nc2cnc(C(C)C)cc21. The van der Waals surface area contributed by atoms with E-state index in [4.69, 9.17) is 4.98 Å². The number of pyridine rings is 1. The minimum absolute atomic E-state index is 0.388. The Labute approximate surface area is 151 Å². The number of aromatic nitrogens is 7. The first-order valence-electron chi connectivity index (χ1n) is 8.81. The molecule has 4 aromatic heterocycles. The fraction of sp³-hybridized carbons (Fsp3) is 0.316. The Morgan fingerprint density at radius 3 is 2.58 bits per heavy atom. The lowest BCUT2D eigenvalue weighted by Crippen LogP contribution is -2.09. The van der Waals surface area contributed by atoms with Gasteiger partial charge in [-0.2, -0.15) is 0 Å². The van der Waals surface area contributed by atoms with E-state index in [-0.39, 0.29) is 0 Å². The number of aryl methyl sites for hydroxylation is 1. The Kier molecular flexibility index (Phi) is 4.20. The van der Waals surface area contributed by atoms with Gasteiger partial charge in [0.2, 0.25) is 0 Å². The molecule has 0 radical (unpaired) electrons. The lowest BCUT2D eigenvalue weighted by molar-refractivity contribution is 0.665. The van der Waals surface area contributed by atoms with Gasteiger partial charge in [-0.3, -0.25) is 4.98 Å². The van der Waals surface area contributed by atoms with Crippen LogP contribution in [0.5, 0.6) is 0 Å². The molecule has 0 unspecified atom stereocenters. The number of fused-ring (bicyclic) bond motifs is 1. The molecule has 0 aromatic carbocycles. The normalized spacial score (nSPS) is 11.5. The van der Waals surface area contributed by atoms with Gasteiger partial charge in [0.25, 0.3) is 0 Å². The maximum atomic E-state index is 4.80. The highest BCUT2D eigenvalue weighted by atomic mass is 15.2. The lowest BCUT2D eigenvalue weighted by Gasteiger charge is -2.10. The molecule has 26 heavy (non-hydrogen) atoms. The van der Waals surface area contributed by atoms with Gasteiger partial charge in [0, 0.05) is 37.0 Å². The zero-order chi connectivity index (χ0) is 18.1. The molecule has 0 aliphatic carbocycles. The third kappa shape index (κ3) is 2.85. The summed E-state index contributed by atoms with van der Waals surface area (Å²) in [5.74, 6) is 2.71. The summed E-state index contributed by atoms with van der Waals surface area (Å²) in [4.78, 5) is 22.4. The van der Waals surface area contributed by atoms with Crippen molar-refractivity contribution in [2.24, 2.45) is 0 Å². The fourth-order valence-corrected chi connectivity index (χ4v) is 3.09. The van der Waals surface area contributed by atoms with Crippen molar-refractivity contribution in [3.8, 4) is 11.6 Å². The summed E-state index contributed by atoms with van der Waals surface area (Å²) >= 11 is 0. The monoisotopic (exact) mass is 347 g/mol. The van der Waals surface area contributed by atoms with Crippen LogP contribution in [0.2, 0.25) is 0 Å². The molecule has 7 heteroatoms. The summed E-state index contributed by atoms with van der Waals surface area (Å²) in [7, 11) is 0. The average Bonchev–Trinajstić information content (AvgIpc) is 3.25. The third-order valence-corrected chi connectivity index (χ3v) is 4.44. The van der Waals surface area contributed by atoms with Crippen LogP contribution >= 0.6 is 0 Å². The van der Waals surface area contributed by atoms with E-state index >= 15 is 0 Å². The summed E-state index contributed by atoms with van der Waals surface area (Å²) in [6.07, 6.45) is 9.02. The largest absolute Gasteiger partial charge is 0.327 e. The van der Waals surface area contributed by atoms with Crippen LogP contribution in [0.4, 0.5) is 0 Å². The third-order valence-electron chi connectivity index (χ3n) is 4.44. The standard InChI is InChI=1S/C19H21N7/c1-4-26-16-10-14(13(2)3)23-11-15(16)24-17(26)12-25-9-8-22-19(25)18-20-6-5-7-21-18/h5-11,13H,4,12H2,1-3H3. The van der Waals surface area contributed by atoms with Gasteiger partial charge in [-0.15, -0.1) is 0 Å². The van der Waals surface area contributed by atoms with Crippen molar-refractivity contribution in [2.45, 2.75) is 39.8 Å². The summed E-state index contributed by atoms with van der Waals surface area (Å²) < 4.78 is 4.26. The minimum atomic E-state index is 0.388. The quantitative estimate of drug-likeness (QED) is 0.554. The molecule has 0 saturated heterocycles. The molecule has 0 amide bonds. The first-order chi connectivity index (χ1) is 12.7. The van der Waals surface area contributed by atoms with E-state index in [1.165, 1.54) is 0 Å². The van der Waals surface area contributed by atoms with E-state index in [2.05, 4.69) is 51.3 Å². The van der Waals surface area contributed by atoms with Crippen LogP contribution in [-0.4, -0.2) is 34.1 Å². The number of hydrogen-bond donors (Lipinski definition) is 0. The van der Waals surface area contributed by atoms with Gasteiger partial charge in [0.05, 0.1) is 18.3 Å². The smallest absolute Gasteiger partial charge is 0.195 e. The molecule has 0 fully saturated rings. The van der Waals surface area contributed by atoms with Gasteiger partial charge < -0.3 is 9.13 Å². The molecular formula is C19H21N7. The molecule has 0 spiro atoms. The van der Waals surface area contributed by atoms with Crippen LogP contribution in [0.3, 0.4) is 0 Å². The van der Waals surface area contributed by atoms with Gasteiger partial charge >= 0.3 is 0 Å². The molecule has 0 aliphatic heterocycles. The molecule has 4 aromatic rings. The van der Waals surface area contributed by atoms with Crippen molar-refractivity contribution in [3.05, 3.63) is 54.6 Å². The Hall–Kier alpha value is -3.09. The number of hydrogen-bond acceptors (Lipinski definition) is 5. The first kappa shape index (κ1) is 16.4. The molecule has 7 nitrogen and oxygen atoms in total. The van der Waals surface area contributed by atoms with E-state index in [1.54, 1.807) is 24.7 Å². The molecule has 4 heterocycles. The maximum absolute atomic E-state index is 4.80. The fourth-order valence-electron chi connectivity index (χ4n) is 3.09. The van der Waals surface area contributed by atoms with Crippen molar-refractivity contribution in [2.75, 3.05) is 0 Å². The molecular weight excluding hydrogens is 326 g/mol. The predicted octanol–water partition coefficient (Wildman–Crippen LogP) is 3.28. The van der Waals surface area contributed by atoms with E-state index < -0.39 is 0 Å². The van der Waals surface area contributed by atoms with Crippen LogP contribution in [-0.2, 0) is 13.1 Å². The van der Waals surface area contributed by atoms with Crippen molar-refractivity contribution < 1.29 is 0 Å². The number of nitrogens with zero attached hydrogens (tertiary/aromatic N) is 7. The number of imidazole rings is 2. The molecule has 0 atom stereocenters. The molecule has 132 valence electrons. The minimum Gasteiger partial charge on any atom is -0.327 e. The van der Waals surface area contributed by atoms with Crippen molar-refractivity contribution in [1.29, 1.82) is 0 Å². The van der Waals surface area contributed by atoms with Gasteiger partial charge in [-0.25, -0.2) is 19.9 Å². The highest BCUT2D eigenvalue weighted by molar-refractivity contribution is 5.75. The highest BCUT2D eigenvalue weighted by Gasteiger charge is 2.15. The van der Waals surface area contributed by atoms with Gasteiger partial charge in [0.15, 0.2) is 11.6 Å². The van der Waals surface area contributed by atoms with Crippen molar-refractivity contribution in [3.63, 3.8) is 0 Å². The van der Waals surface area contributed by atoms with Gasteiger partial charge in [-0.05, 0) is 25.0 Å². The highest BCUT2D eigenvalue weighted by Crippen LogP contribution is 2.22. The van der Waals surface area contributed by atoms with Crippen molar-refractivity contribution >= 4 is 11.0 Å². The zero-order valence-corrected chi connectivity index (χ0v) is 15.2. The van der Waals surface area contributed by atoms with Crippen LogP contribution < -0.4 is 0 Å². The second-order valence-corrected chi connectivity index (χ2v) is 6.48. The summed E-state index contributed by atoms with van der Waals surface area (Å²) in [5, 5.41) is 0. The molecule has 4 rings (SSSR count). The molecule has 0 saturated carbocycles. The predicted molar refractivity (Wildman–Crippen MR) is 99.6 cm³/mol. The van der Waals surface area contributed by atoms with Crippen LogP contribution in [0.15, 0.2) is 43.1 Å². The van der Waals surface area contributed by atoms with Crippen molar-refractivity contribution in [1.82, 2.24) is 34.1 Å².